The molecule has 0 radical (unpaired) electrons. The molecule has 0 N–H and O–H groups in total. The third-order valence-electron chi connectivity index (χ3n) is 11.4. The molecule has 0 saturated carbocycles. The van der Waals surface area contributed by atoms with Crippen LogP contribution in [0, 0.1) is 0 Å². The van der Waals surface area contributed by atoms with Crippen molar-refractivity contribution in [1.29, 1.82) is 0 Å². The van der Waals surface area contributed by atoms with E-state index in [2.05, 4.69) is 12.1 Å². The normalized spacial score (nSPS) is 12.4. The predicted octanol–water partition coefficient (Wildman–Crippen LogP) is 10.8. The number of para-hydroxylation sites is 6. The Balaban J connectivity index is 1.31. The van der Waals surface area contributed by atoms with Crippen LogP contribution in [-0.4, -0.2) is 18.8 Å². The second-order valence-electron chi connectivity index (χ2n) is 14.4. The first-order valence-electron chi connectivity index (χ1n) is 18.4. The van der Waals surface area contributed by atoms with Crippen molar-refractivity contribution in [2.75, 3.05) is 0 Å². The van der Waals surface area contributed by atoms with E-state index in [0.717, 1.165) is 75.9 Å². The molecular weight excluding hydrogens is 697 g/mol. The van der Waals surface area contributed by atoms with E-state index in [1.54, 1.807) is 8.80 Å². The Bertz CT molecular complexity index is 3900. The number of hydrogen-bond acceptors (Lipinski definition) is 6. The molecule has 0 bridgehead atoms. The molecule has 0 atom stereocenters. The van der Waals surface area contributed by atoms with Crippen LogP contribution in [0.1, 0.15) is 0 Å². The number of ether oxygens (including phenoxy) is 2. The van der Waals surface area contributed by atoms with Crippen LogP contribution in [0.3, 0.4) is 0 Å². The lowest BCUT2D eigenvalue weighted by molar-refractivity contribution is 0.488. The lowest BCUT2D eigenvalue weighted by Gasteiger charge is -2.22. The zero-order valence-corrected chi connectivity index (χ0v) is 29.3. The molecule has 0 amide bonds. The molecule has 0 aliphatic rings. The second-order valence-corrected chi connectivity index (χ2v) is 14.4. The summed E-state index contributed by atoms with van der Waals surface area (Å²) in [5.74, 6) is 2.40. The van der Waals surface area contributed by atoms with Gasteiger partial charge >= 0.3 is 0 Å². The van der Waals surface area contributed by atoms with Gasteiger partial charge in [-0.2, -0.15) is 0 Å². The lowest BCUT2D eigenvalue weighted by atomic mass is 9.85. The van der Waals surface area contributed by atoms with Crippen molar-refractivity contribution < 1.29 is 9.47 Å². The number of fused-ring (bicyclic) bond motifs is 10. The van der Waals surface area contributed by atoms with Crippen LogP contribution in [-0.2, 0) is 0 Å². The lowest BCUT2D eigenvalue weighted by Crippen LogP contribution is -2.14. The van der Waals surface area contributed by atoms with Crippen molar-refractivity contribution in [3.8, 4) is 23.0 Å². The summed E-state index contributed by atoms with van der Waals surface area (Å²) in [6.07, 6.45) is 0. The minimum atomic E-state index is -0.186. The predicted molar refractivity (Wildman–Crippen MR) is 223 cm³/mol. The molecule has 0 spiro atoms. The fourth-order valence-corrected chi connectivity index (χ4v) is 9.20. The minimum absolute atomic E-state index is 0.132. The summed E-state index contributed by atoms with van der Waals surface area (Å²) in [4.78, 5) is 39.5. The number of rotatable bonds is 4. The van der Waals surface area contributed by atoms with Crippen molar-refractivity contribution in [3.05, 3.63) is 166 Å². The molecule has 0 aliphatic carbocycles. The Labute approximate surface area is 314 Å². The van der Waals surface area contributed by atoms with Gasteiger partial charge < -0.3 is 9.47 Å². The smallest absolute Gasteiger partial charge is 0.264 e. The average molecular weight is 721 g/mol. The maximum Gasteiger partial charge on any atom is 0.264 e. The van der Waals surface area contributed by atoms with Crippen molar-refractivity contribution in [2.24, 2.45) is 0 Å². The number of aromatic nitrogens is 4. The van der Waals surface area contributed by atoms with Gasteiger partial charge in [0.05, 0.1) is 27.5 Å². The summed E-state index contributed by atoms with van der Waals surface area (Å²) in [5, 5.41) is 9.45. The fourth-order valence-electron chi connectivity index (χ4n) is 9.20. The van der Waals surface area contributed by atoms with E-state index in [9.17, 15) is 9.59 Å². The Morgan fingerprint density at radius 3 is 1.39 bits per heavy atom. The van der Waals surface area contributed by atoms with Gasteiger partial charge in [0.15, 0.2) is 0 Å². The number of nitrogens with zero attached hydrogens (tertiary/aromatic N) is 4. The highest BCUT2D eigenvalue weighted by Crippen LogP contribution is 2.52. The summed E-state index contributed by atoms with van der Waals surface area (Å²) in [6.45, 7) is 0. The van der Waals surface area contributed by atoms with E-state index in [0.29, 0.717) is 45.1 Å². The molecule has 13 aromatic rings. The molecule has 9 aromatic carbocycles. The summed E-state index contributed by atoms with van der Waals surface area (Å²) >= 11 is 0. The summed E-state index contributed by atoms with van der Waals surface area (Å²) in [6, 6.07) is 46.7. The molecule has 8 heteroatoms. The van der Waals surface area contributed by atoms with Crippen LogP contribution in [0.4, 0.5) is 0 Å². The first-order valence-corrected chi connectivity index (χ1v) is 18.4. The third-order valence-corrected chi connectivity index (χ3v) is 11.4. The van der Waals surface area contributed by atoms with Gasteiger partial charge in [-0.05, 0) is 89.0 Å². The van der Waals surface area contributed by atoms with Gasteiger partial charge in [-0.1, -0.05) is 72.8 Å². The number of hydrogen-bond donors (Lipinski definition) is 0. The molecule has 8 nitrogen and oxygen atoms in total. The van der Waals surface area contributed by atoms with E-state index in [1.807, 2.05) is 133 Å². The monoisotopic (exact) mass is 720 g/mol. The zero-order chi connectivity index (χ0) is 36.8. The Kier molecular flexibility index (Phi) is 5.51. The van der Waals surface area contributed by atoms with Crippen molar-refractivity contribution >= 4 is 98.0 Å². The maximum atomic E-state index is 14.9. The highest BCUT2D eigenvalue weighted by Gasteiger charge is 2.28. The fraction of sp³-hybridized carbons (Fsp3) is 0. The number of imidazole rings is 2. The molecule has 0 aliphatic heterocycles. The highest BCUT2D eigenvalue weighted by atomic mass is 16.5. The third kappa shape index (κ3) is 3.67. The molecule has 4 heterocycles. The standard InChI is InChI=1S/C48H24N4O4/c53-47-30-22-20-28-39-27(19-21-29(40(30)39)45-49-33-15-7-9-17-35(33)51(45)47)42-37(55-25-11-3-1-4-12-25)23-31-41-32(48(54)52-36-18-10-8-16-34(36)50-46(31)52)24-38(43(28)44(41)42)56-26-13-5-2-6-14-26/h1-24H. The van der Waals surface area contributed by atoms with Crippen LogP contribution < -0.4 is 20.6 Å². The molecule has 13 rings (SSSR count). The molecule has 4 aromatic heterocycles. The summed E-state index contributed by atoms with van der Waals surface area (Å²) in [5.41, 5.74) is 3.81. The molecule has 0 fully saturated rings. The SMILES string of the molecule is O=c1c2ccc3c4c(Oc5ccccc5)cc5c(=O)n6c7ccccc7nc6c6cc(Oc7ccccc7)c(c7ccc(c2c37)c2nc3ccccc3n12)c4c56. The van der Waals surface area contributed by atoms with E-state index >= 15 is 0 Å². The largest absolute Gasteiger partial charge is 0.457 e. The Hall–Kier alpha value is -7.84. The van der Waals surface area contributed by atoms with Crippen LogP contribution in [0.25, 0.3) is 98.0 Å². The van der Waals surface area contributed by atoms with Crippen LogP contribution >= 0.6 is 0 Å². The van der Waals surface area contributed by atoms with Crippen LogP contribution in [0.2, 0.25) is 0 Å². The molecular formula is C48H24N4O4. The molecule has 0 unspecified atom stereocenters. The van der Waals surface area contributed by atoms with Gasteiger partial charge in [0.2, 0.25) is 0 Å². The highest BCUT2D eigenvalue weighted by molar-refractivity contribution is 6.42. The average Bonchev–Trinajstić information content (AvgIpc) is 3.83. The Morgan fingerprint density at radius 2 is 0.804 bits per heavy atom. The van der Waals surface area contributed by atoms with Gasteiger partial charge in [-0.3, -0.25) is 18.4 Å². The molecule has 260 valence electrons. The topological polar surface area (TPSA) is 87.2 Å². The van der Waals surface area contributed by atoms with Gasteiger partial charge in [-0.15, -0.1) is 0 Å². The van der Waals surface area contributed by atoms with Crippen LogP contribution in [0.15, 0.2) is 155 Å². The quantitative estimate of drug-likeness (QED) is 0.133. The van der Waals surface area contributed by atoms with Crippen molar-refractivity contribution in [1.82, 2.24) is 18.8 Å². The van der Waals surface area contributed by atoms with E-state index < -0.39 is 0 Å². The van der Waals surface area contributed by atoms with Gasteiger partial charge in [-0.25, -0.2) is 9.97 Å². The van der Waals surface area contributed by atoms with E-state index in [4.69, 9.17) is 19.4 Å². The van der Waals surface area contributed by atoms with E-state index in [1.165, 1.54) is 0 Å². The Morgan fingerprint density at radius 1 is 0.375 bits per heavy atom. The van der Waals surface area contributed by atoms with Gasteiger partial charge in [0, 0.05) is 43.1 Å². The molecule has 0 saturated heterocycles. The minimum Gasteiger partial charge on any atom is -0.457 e. The number of benzene rings is 9. The summed E-state index contributed by atoms with van der Waals surface area (Å²) < 4.78 is 17.2. The zero-order valence-electron chi connectivity index (χ0n) is 29.3. The number of pyridine rings is 2. The first kappa shape index (κ1) is 29.6. The van der Waals surface area contributed by atoms with Gasteiger partial charge in [0.1, 0.15) is 34.3 Å². The first-order chi connectivity index (χ1) is 27.6. The van der Waals surface area contributed by atoms with E-state index in [-0.39, 0.29) is 11.1 Å². The second kappa shape index (κ2) is 10.4. The van der Waals surface area contributed by atoms with Crippen LogP contribution in [0.5, 0.6) is 23.0 Å². The maximum absolute atomic E-state index is 14.9. The summed E-state index contributed by atoms with van der Waals surface area (Å²) in [7, 11) is 0. The van der Waals surface area contributed by atoms with Crippen molar-refractivity contribution in [2.45, 2.75) is 0 Å². The van der Waals surface area contributed by atoms with Crippen molar-refractivity contribution in [3.63, 3.8) is 0 Å². The molecule has 56 heavy (non-hydrogen) atoms. The van der Waals surface area contributed by atoms with Gasteiger partial charge in [0.25, 0.3) is 11.1 Å².